The number of nitrogens with one attached hydrogen (secondary N) is 1. The second-order valence-corrected chi connectivity index (χ2v) is 4.97. The van der Waals surface area contributed by atoms with Crippen LogP contribution >= 0.6 is 0 Å². The highest BCUT2D eigenvalue weighted by Crippen LogP contribution is 1.99. The Balaban J connectivity index is 3.86. The number of hydrogen-bond donors (Lipinski definition) is 3. The first kappa shape index (κ1) is 15.3. The highest BCUT2D eigenvalue weighted by atomic mass is 16.1. The lowest BCUT2D eigenvalue weighted by Crippen LogP contribution is -2.43. The van der Waals surface area contributed by atoms with Crippen LogP contribution < -0.4 is 16.8 Å². The lowest BCUT2D eigenvalue weighted by molar-refractivity contribution is -0.122. The third-order valence-electron chi connectivity index (χ3n) is 2.06. The molecule has 0 aliphatic carbocycles. The molecule has 0 unspecified atom stereocenters. The van der Waals surface area contributed by atoms with Crippen molar-refractivity contribution < 1.29 is 4.79 Å². The Bertz CT molecular complexity index is 195. The standard InChI is InChI=1S/C11H26N4O/c1-11(2,3)14-10(16)4-7-15(8-5-12)9-6-13/h4-9,12-13H2,1-3H3,(H,14,16). The van der Waals surface area contributed by atoms with E-state index in [2.05, 4.69) is 10.2 Å². The molecule has 0 spiro atoms. The molecule has 0 aliphatic heterocycles. The third kappa shape index (κ3) is 8.64. The third-order valence-corrected chi connectivity index (χ3v) is 2.06. The maximum atomic E-state index is 11.6. The van der Waals surface area contributed by atoms with Crippen LogP contribution in [0.1, 0.15) is 27.2 Å². The Kier molecular flexibility index (Phi) is 7.29. The lowest BCUT2D eigenvalue weighted by atomic mass is 10.1. The zero-order valence-corrected chi connectivity index (χ0v) is 10.8. The van der Waals surface area contributed by atoms with E-state index in [1.165, 1.54) is 0 Å². The molecule has 0 aromatic carbocycles. The summed E-state index contributed by atoms with van der Waals surface area (Å²) < 4.78 is 0. The van der Waals surface area contributed by atoms with E-state index in [4.69, 9.17) is 11.5 Å². The summed E-state index contributed by atoms with van der Waals surface area (Å²) in [5.41, 5.74) is 10.8. The van der Waals surface area contributed by atoms with Gasteiger partial charge < -0.3 is 21.7 Å². The molecule has 0 radical (unpaired) electrons. The van der Waals surface area contributed by atoms with Gasteiger partial charge in [0, 0.05) is 44.7 Å². The topological polar surface area (TPSA) is 84.4 Å². The van der Waals surface area contributed by atoms with Crippen LogP contribution in [-0.2, 0) is 4.79 Å². The summed E-state index contributed by atoms with van der Waals surface area (Å²) in [4.78, 5) is 13.7. The van der Waals surface area contributed by atoms with Crippen LogP contribution in [0.2, 0.25) is 0 Å². The maximum Gasteiger partial charge on any atom is 0.221 e. The summed E-state index contributed by atoms with van der Waals surface area (Å²) in [6.45, 7) is 9.42. The molecule has 0 saturated carbocycles. The van der Waals surface area contributed by atoms with Crippen LogP contribution in [0.25, 0.3) is 0 Å². The fourth-order valence-corrected chi connectivity index (χ4v) is 1.44. The molecule has 5 nitrogen and oxygen atoms in total. The van der Waals surface area contributed by atoms with Gasteiger partial charge in [0.05, 0.1) is 0 Å². The van der Waals surface area contributed by atoms with Crippen molar-refractivity contribution in [2.75, 3.05) is 32.7 Å². The molecular weight excluding hydrogens is 204 g/mol. The Morgan fingerprint density at radius 2 is 1.62 bits per heavy atom. The smallest absolute Gasteiger partial charge is 0.221 e. The molecule has 0 aliphatic rings. The fourth-order valence-electron chi connectivity index (χ4n) is 1.44. The van der Waals surface area contributed by atoms with Gasteiger partial charge in [0.15, 0.2) is 0 Å². The van der Waals surface area contributed by atoms with Gasteiger partial charge in [-0.05, 0) is 20.8 Å². The van der Waals surface area contributed by atoms with Crippen LogP contribution in [0.5, 0.6) is 0 Å². The van der Waals surface area contributed by atoms with E-state index in [1.807, 2.05) is 20.8 Å². The van der Waals surface area contributed by atoms with Gasteiger partial charge in [-0.15, -0.1) is 0 Å². The van der Waals surface area contributed by atoms with E-state index in [0.29, 0.717) is 19.5 Å². The molecule has 16 heavy (non-hydrogen) atoms. The molecule has 0 atom stereocenters. The molecular formula is C11H26N4O. The summed E-state index contributed by atoms with van der Waals surface area (Å²) in [5, 5.41) is 2.93. The number of amides is 1. The van der Waals surface area contributed by atoms with Crippen molar-refractivity contribution in [3.63, 3.8) is 0 Å². The van der Waals surface area contributed by atoms with Crippen molar-refractivity contribution in [1.29, 1.82) is 0 Å². The maximum absolute atomic E-state index is 11.6. The van der Waals surface area contributed by atoms with Crippen molar-refractivity contribution in [2.24, 2.45) is 11.5 Å². The first-order valence-electron chi connectivity index (χ1n) is 5.82. The van der Waals surface area contributed by atoms with E-state index >= 15 is 0 Å². The fraction of sp³-hybridized carbons (Fsp3) is 0.909. The predicted octanol–water partition coefficient (Wildman–Crippen LogP) is -0.489. The van der Waals surface area contributed by atoms with Gasteiger partial charge in [-0.2, -0.15) is 0 Å². The van der Waals surface area contributed by atoms with E-state index in [9.17, 15) is 4.79 Å². The average Bonchev–Trinajstić information content (AvgIpc) is 2.12. The largest absolute Gasteiger partial charge is 0.351 e. The quantitative estimate of drug-likeness (QED) is 0.551. The summed E-state index contributed by atoms with van der Waals surface area (Å²) in [6, 6.07) is 0. The second-order valence-electron chi connectivity index (χ2n) is 4.97. The number of carbonyl (C=O) groups excluding carboxylic acids is 1. The summed E-state index contributed by atoms with van der Waals surface area (Å²) in [6.07, 6.45) is 0.497. The van der Waals surface area contributed by atoms with Crippen LogP contribution in [-0.4, -0.2) is 49.1 Å². The van der Waals surface area contributed by atoms with Gasteiger partial charge in [-0.1, -0.05) is 0 Å². The highest BCUT2D eigenvalue weighted by molar-refractivity contribution is 5.76. The molecule has 0 rings (SSSR count). The molecule has 1 amide bonds. The molecule has 0 aromatic rings. The first-order chi connectivity index (χ1) is 7.39. The minimum absolute atomic E-state index is 0.0755. The number of rotatable bonds is 7. The zero-order valence-electron chi connectivity index (χ0n) is 10.8. The van der Waals surface area contributed by atoms with Crippen molar-refractivity contribution >= 4 is 5.91 Å². The molecule has 0 heterocycles. The summed E-state index contributed by atoms with van der Waals surface area (Å²) >= 11 is 0. The van der Waals surface area contributed by atoms with E-state index in [-0.39, 0.29) is 11.4 Å². The number of nitrogens with zero attached hydrogens (tertiary/aromatic N) is 1. The van der Waals surface area contributed by atoms with Crippen molar-refractivity contribution in [3.05, 3.63) is 0 Å². The average molecular weight is 230 g/mol. The second kappa shape index (κ2) is 7.60. The molecule has 0 bridgehead atoms. The Morgan fingerprint density at radius 1 is 1.12 bits per heavy atom. The minimum Gasteiger partial charge on any atom is -0.351 e. The predicted molar refractivity (Wildman–Crippen MR) is 67.1 cm³/mol. The van der Waals surface area contributed by atoms with Crippen molar-refractivity contribution in [3.8, 4) is 0 Å². The monoisotopic (exact) mass is 230 g/mol. The SMILES string of the molecule is CC(C)(C)NC(=O)CCN(CCN)CCN. The van der Waals surface area contributed by atoms with Crippen molar-refractivity contribution in [1.82, 2.24) is 10.2 Å². The molecule has 0 aromatic heterocycles. The Hall–Kier alpha value is -0.650. The van der Waals surface area contributed by atoms with Gasteiger partial charge in [-0.3, -0.25) is 4.79 Å². The molecule has 5 N–H and O–H groups in total. The van der Waals surface area contributed by atoms with Gasteiger partial charge >= 0.3 is 0 Å². The summed E-state index contributed by atoms with van der Waals surface area (Å²) in [5.74, 6) is 0.0755. The highest BCUT2D eigenvalue weighted by Gasteiger charge is 2.14. The molecule has 96 valence electrons. The van der Waals surface area contributed by atoms with E-state index in [1.54, 1.807) is 0 Å². The van der Waals surface area contributed by atoms with Gasteiger partial charge in [0.1, 0.15) is 0 Å². The molecule has 5 heteroatoms. The van der Waals surface area contributed by atoms with Crippen LogP contribution in [0.3, 0.4) is 0 Å². The van der Waals surface area contributed by atoms with E-state index in [0.717, 1.165) is 19.6 Å². The minimum atomic E-state index is -0.163. The first-order valence-corrected chi connectivity index (χ1v) is 5.82. The van der Waals surface area contributed by atoms with Crippen LogP contribution in [0, 0.1) is 0 Å². The van der Waals surface area contributed by atoms with Crippen LogP contribution in [0.15, 0.2) is 0 Å². The number of nitrogens with two attached hydrogens (primary N) is 2. The van der Waals surface area contributed by atoms with E-state index < -0.39 is 0 Å². The van der Waals surface area contributed by atoms with Gasteiger partial charge in [0.2, 0.25) is 5.91 Å². The zero-order chi connectivity index (χ0) is 12.6. The Morgan fingerprint density at radius 3 is 2.00 bits per heavy atom. The number of hydrogen-bond acceptors (Lipinski definition) is 4. The van der Waals surface area contributed by atoms with Crippen molar-refractivity contribution in [2.45, 2.75) is 32.7 Å². The van der Waals surface area contributed by atoms with Gasteiger partial charge in [0.25, 0.3) is 0 Å². The normalized spacial score (nSPS) is 11.9. The number of carbonyl (C=O) groups is 1. The molecule has 0 fully saturated rings. The van der Waals surface area contributed by atoms with Crippen LogP contribution in [0.4, 0.5) is 0 Å². The lowest BCUT2D eigenvalue weighted by Gasteiger charge is -2.23. The van der Waals surface area contributed by atoms with Gasteiger partial charge in [-0.25, -0.2) is 0 Å². The Labute approximate surface area is 98.5 Å². The summed E-state index contributed by atoms with van der Waals surface area (Å²) in [7, 11) is 0. The molecule has 0 saturated heterocycles.